The molecule has 0 spiro atoms. The van der Waals surface area contributed by atoms with Crippen molar-refractivity contribution >= 4 is 29.2 Å². The molecule has 174 valence electrons. The number of nitrogens with zero attached hydrogens (tertiary/aromatic N) is 3. The standard InChI is InChI=1S/C22H14ClF3N4O4/c1-12-7-18(31)20(29-30(12)16-4-2-3-14(8-16)22(24,25)26)21(33)34-11-19(32)28-15-6-5-13(10-27)17(23)9-15/h2-9H,11H2,1H3,(H,28,32). The van der Waals surface area contributed by atoms with Crippen molar-refractivity contribution in [1.82, 2.24) is 9.78 Å². The normalized spacial score (nSPS) is 10.9. The topological polar surface area (TPSA) is 114 Å². The molecule has 1 aromatic heterocycles. The average Bonchev–Trinajstić information content (AvgIpc) is 2.77. The van der Waals surface area contributed by atoms with Gasteiger partial charge in [0.2, 0.25) is 11.1 Å². The summed E-state index contributed by atoms with van der Waals surface area (Å²) in [4.78, 5) is 36.7. The van der Waals surface area contributed by atoms with Crippen LogP contribution in [-0.4, -0.2) is 28.3 Å². The van der Waals surface area contributed by atoms with Crippen molar-refractivity contribution in [3.8, 4) is 11.8 Å². The van der Waals surface area contributed by atoms with Crippen LogP contribution in [0.4, 0.5) is 18.9 Å². The summed E-state index contributed by atoms with van der Waals surface area (Å²) in [5.41, 5.74) is -1.89. The number of anilines is 1. The molecule has 0 saturated carbocycles. The summed E-state index contributed by atoms with van der Waals surface area (Å²) in [5, 5.41) is 15.2. The molecule has 0 unspecified atom stereocenters. The van der Waals surface area contributed by atoms with Crippen LogP contribution in [0.1, 0.15) is 27.3 Å². The molecule has 1 amide bonds. The molecule has 34 heavy (non-hydrogen) atoms. The number of nitrogens with one attached hydrogen (secondary N) is 1. The summed E-state index contributed by atoms with van der Waals surface area (Å²) in [6.45, 7) is 0.648. The fourth-order valence-electron chi connectivity index (χ4n) is 2.84. The minimum Gasteiger partial charge on any atom is -0.451 e. The molecule has 0 radical (unpaired) electrons. The molecular formula is C22H14ClF3N4O4. The lowest BCUT2D eigenvalue weighted by atomic mass is 10.2. The molecule has 2 aromatic carbocycles. The molecule has 0 bridgehead atoms. The minimum atomic E-state index is -4.60. The molecule has 0 saturated heterocycles. The molecule has 0 aliphatic heterocycles. The van der Waals surface area contributed by atoms with Gasteiger partial charge < -0.3 is 10.1 Å². The van der Waals surface area contributed by atoms with Crippen molar-refractivity contribution in [2.24, 2.45) is 0 Å². The number of nitriles is 1. The van der Waals surface area contributed by atoms with Gasteiger partial charge in [-0.15, -0.1) is 0 Å². The van der Waals surface area contributed by atoms with Crippen molar-refractivity contribution in [2.45, 2.75) is 13.1 Å². The van der Waals surface area contributed by atoms with Crippen LogP contribution in [0.2, 0.25) is 5.02 Å². The number of rotatable bonds is 5. The smallest absolute Gasteiger partial charge is 0.416 e. The third-order valence-corrected chi connectivity index (χ3v) is 4.74. The van der Waals surface area contributed by atoms with E-state index in [0.717, 1.165) is 28.9 Å². The predicted octanol–water partition coefficient (Wildman–Crippen LogP) is 3.88. The van der Waals surface area contributed by atoms with Crippen LogP contribution in [-0.2, 0) is 15.7 Å². The number of aromatic nitrogens is 2. The maximum atomic E-state index is 13.0. The Morgan fingerprint density at radius 3 is 2.59 bits per heavy atom. The lowest BCUT2D eigenvalue weighted by molar-refractivity contribution is -0.137. The Bertz CT molecular complexity index is 1380. The summed E-state index contributed by atoms with van der Waals surface area (Å²) >= 11 is 5.88. The van der Waals surface area contributed by atoms with E-state index in [1.807, 2.05) is 6.07 Å². The van der Waals surface area contributed by atoms with Gasteiger partial charge in [0.25, 0.3) is 5.91 Å². The maximum Gasteiger partial charge on any atom is 0.416 e. The van der Waals surface area contributed by atoms with Gasteiger partial charge in [0.1, 0.15) is 6.07 Å². The second-order valence-electron chi connectivity index (χ2n) is 6.89. The fraction of sp³-hybridized carbons (Fsp3) is 0.136. The SMILES string of the molecule is Cc1cc(=O)c(C(=O)OCC(=O)Nc2ccc(C#N)c(Cl)c2)nn1-c1cccc(C(F)(F)F)c1. The van der Waals surface area contributed by atoms with Crippen LogP contribution >= 0.6 is 11.6 Å². The maximum absolute atomic E-state index is 13.0. The molecule has 12 heteroatoms. The number of ether oxygens (including phenoxy) is 1. The Kier molecular flexibility index (Phi) is 7.03. The summed E-state index contributed by atoms with van der Waals surface area (Å²) < 4.78 is 44.9. The first-order valence-electron chi connectivity index (χ1n) is 9.45. The summed E-state index contributed by atoms with van der Waals surface area (Å²) in [5.74, 6) is -2.00. The number of benzene rings is 2. The first kappa shape index (κ1) is 24.5. The zero-order valence-corrected chi connectivity index (χ0v) is 18.1. The second-order valence-corrected chi connectivity index (χ2v) is 7.30. The van der Waals surface area contributed by atoms with E-state index in [0.29, 0.717) is 0 Å². The van der Waals surface area contributed by atoms with Gasteiger partial charge in [-0.25, -0.2) is 9.48 Å². The summed E-state index contributed by atoms with van der Waals surface area (Å²) in [6.07, 6.45) is -4.60. The molecule has 1 heterocycles. The van der Waals surface area contributed by atoms with Gasteiger partial charge in [0.05, 0.1) is 21.8 Å². The Balaban J connectivity index is 1.77. The van der Waals surface area contributed by atoms with Crippen LogP contribution in [0.3, 0.4) is 0 Å². The third-order valence-electron chi connectivity index (χ3n) is 4.43. The predicted molar refractivity (Wildman–Crippen MR) is 115 cm³/mol. The number of esters is 1. The van der Waals surface area contributed by atoms with Crippen molar-refractivity contribution < 1.29 is 27.5 Å². The average molecular weight is 491 g/mol. The number of carbonyl (C=O) groups excluding carboxylic acids is 2. The fourth-order valence-corrected chi connectivity index (χ4v) is 3.07. The molecule has 1 N–H and O–H groups in total. The summed E-state index contributed by atoms with van der Waals surface area (Å²) in [7, 11) is 0. The molecule has 3 aromatic rings. The van der Waals surface area contributed by atoms with E-state index >= 15 is 0 Å². The van der Waals surface area contributed by atoms with Crippen molar-refractivity contribution in [3.05, 3.63) is 86.3 Å². The highest BCUT2D eigenvalue weighted by molar-refractivity contribution is 6.32. The quantitative estimate of drug-likeness (QED) is 0.543. The minimum absolute atomic E-state index is 0.0307. The molecule has 0 aliphatic carbocycles. The van der Waals surface area contributed by atoms with Crippen LogP contribution in [0.25, 0.3) is 5.69 Å². The Morgan fingerprint density at radius 1 is 1.21 bits per heavy atom. The van der Waals surface area contributed by atoms with Crippen molar-refractivity contribution in [3.63, 3.8) is 0 Å². The van der Waals surface area contributed by atoms with E-state index in [2.05, 4.69) is 10.4 Å². The second kappa shape index (κ2) is 9.76. The number of hydrogen-bond acceptors (Lipinski definition) is 6. The van der Waals surface area contributed by atoms with Crippen LogP contribution in [0, 0.1) is 18.3 Å². The zero-order valence-electron chi connectivity index (χ0n) is 17.3. The van der Waals surface area contributed by atoms with Gasteiger partial charge in [-0.2, -0.15) is 23.5 Å². The molecular weight excluding hydrogens is 477 g/mol. The molecule has 0 fully saturated rings. The molecule has 0 aliphatic rings. The van der Waals surface area contributed by atoms with E-state index in [1.54, 1.807) is 0 Å². The van der Waals surface area contributed by atoms with E-state index in [4.69, 9.17) is 21.6 Å². The molecule has 0 atom stereocenters. The number of amides is 1. The first-order valence-corrected chi connectivity index (χ1v) is 9.82. The van der Waals surface area contributed by atoms with E-state index in [-0.39, 0.29) is 27.7 Å². The van der Waals surface area contributed by atoms with Gasteiger partial charge in [0, 0.05) is 17.4 Å². The number of halogens is 4. The van der Waals surface area contributed by atoms with E-state index in [1.165, 1.54) is 31.2 Å². The van der Waals surface area contributed by atoms with Crippen LogP contribution in [0.15, 0.2) is 53.3 Å². The lowest BCUT2D eigenvalue weighted by Gasteiger charge is -2.13. The molecule has 8 nitrogen and oxygen atoms in total. The van der Waals surface area contributed by atoms with Gasteiger partial charge >= 0.3 is 12.1 Å². The van der Waals surface area contributed by atoms with Gasteiger partial charge in [-0.05, 0) is 43.3 Å². The highest BCUT2D eigenvalue weighted by atomic mass is 35.5. The Morgan fingerprint density at radius 2 is 1.94 bits per heavy atom. The summed E-state index contributed by atoms with van der Waals surface area (Å²) in [6, 6.07) is 11.2. The zero-order chi connectivity index (χ0) is 25.0. The number of carbonyl (C=O) groups is 2. The van der Waals surface area contributed by atoms with Crippen molar-refractivity contribution in [2.75, 3.05) is 11.9 Å². The highest BCUT2D eigenvalue weighted by Crippen LogP contribution is 2.30. The lowest BCUT2D eigenvalue weighted by Crippen LogP contribution is -2.27. The number of hydrogen-bond donors (Lipinski definition) is 1. The van der Waals surface area contributed by atoms with Gasteiger partial charge in [0.15, 0.2) is 6.61 Å². The Labute approximate surface area is 195 Å². The third kappa shape index (κ3) is 5.60. The van der Waals surface area contributed by atoms with E-state index in [9.17, 15) is 27.6 Å². The largest absolute Gasteiger partial charge is 0.451 e. The van der Waals surface area contributed by atoms with Gasteiger partial charge in [-0.3, -0.25) is 9.59 Å². The number of aryl methyl sites for hydroxylation is 1. The van der Waals surface area contributed by atoms with Gasteiger partial charge in [-0.1, -0.05) is 17.7 Å². The first-order chi connectivity index (χ1) is 16.0. The van der Waals surface area contributed by atoms with Crippen molar-refractivity contribution in [1.29, 1.82) is 5.26 Å². The van der Waals surface area contributed by atoms with Crippen LogP contribution in [0.5, 0.6) is 0 Å². The number of alkyl halides is 3. The monoisotopic (exact) mass is 490 g/mol. The van der Waals surface area contributed by atoms with E-state index < -0.39 is 41.3 Å². The van der Waals surface area contributed by atoms with Crippen LogP contribution < -0.4 is 10.7 Å². The Hall–Kier alpha value is -4.17. The highest BCUT2D eigenvalue weighted by Gasteiger charge is 2.30. The molecule has 3 rings (SSSR count).